The zero-order chi connectivity index (χ0) is 21.2. The lowest BCUT2D eigenvalue weighted by atomic mass is 9.93. The highest BCUT2D eigenvalue weighted by Crippen LogP contribution is 2.26. The van der Waals surface area contributed by atoms with E-state index in [1.165, 1.54) is 16.3 Å². The van der Waals surface area contributed by atoms with Gasteiger partial charge in [0.1, 0.15) is 5.82 Å². The molecule has 2 aromatic heterocycles. The van der Waals surface area contributed by atoms with Crippen LogP contribution in [0.2, 0.25) is 0 Å². The van der Waals surface area contributed by atoms with Crippen molar-refractivity contribution < 1.29 is 9.18 Å². The standard InChI is InChI=1S/C22H24FN7O/c23-19-3-1-2-17(15-19)14-16-6-10-29(11-7-16)22(31)18-8-12-28(13-9-18)21-5-4-20-24-26-27-30(20)25-21/h1-5,14-15,18H,6-13H2. The molecule has 1 amide bonds. The van der Waals surface area contributed by atoms with E-state index in [-0.39, 0.29) is 17.6 Å². The van der Waals surface area contributed by atoms with E-state index in [4.69, 9.17) is 0 Å². The van der Waals surface area contributed by atoms with Gasteiger partial charge >= 0.3 is 0 Å². The zero-order valence-electron chi connectivity index (χ0n) is 17.2. The van der Waals surface area contributed by atoms with Crippen LogP contribution in [0, 0.1) is 11.7 Å². The summed E-state index contributed by atoms with van der Waals surface area (Å²) in [5.41, 5.74) is 2.77. The maximum absolute atomic E-state index is 13.4. The highest BCUT2D eigenvalue weighted by atomic mass is 19.1. The van der Waals surface area contributed by atoms with Crippen LogP contribution < -0.4 is 4.90 Å². The van der Waals surface area contributed by atoms with E-state index in [0.29, 0.717) is 5.65 Å². The Balaban J connectivity index is 1.15. The van der Waals surface area contributed by atoms with Crippen LogP contribution in [0.15, 0.2) is 42.0 Å². The molecule has 0 atom stereocenters. The van der Waals surface area contributed by atoms with Gasteiger partial charge in [-0.25, -0.2) is 4.39 Å². The highest BCUT2D eigenvalue weighted by molar-refractivity contribution is 5.79. The van der Waals surface area contributed by atoms with E-state index in [2.05, 4.69) is 31.6 Å². The number of nitrogens with zero attached hydrogens (tertiary/aromatic N) is 7. The Labute approximate surface area is 179 Å². The molecule has 0 spiro atoms. The number of aromatic nitrogens is 5. The Bertz CT molecular complexity index is 1110. The molecule has 31 heavy (non-hydrogen) atoms. The number of likely N-dealkylation sites (tertiary alicyclic amines) is 1. The van der Waals surface area contributed by atoms with Crippen LogP contribution in [-0.2, 0) is 4.79 Å². The number of carbonyl (C=O) groups excluding carboxylic acids is 1. The number of hydrogen-bond acceptors (Lipinski definition) is 6. The minimum atomic E-state index is -0.221. The van der Waals surface area contributed by atoms with Crippen molar-refractivity contribution >= 4 is 23.4 Å². The van der Waals surface area contributed by atoms with Crippen LogP contribution in [0.4, 0.5) is 10.2 Å². The number of carbonyl (C=O) groups is 1. The molecule has 0 N–H and O–H groups in total. The Morgan fingerprint density at radius 1 is 1.06 bits per heavy atom. The quantitative estimate of drug-likeness (QED) is 0.647. The average molecular weight is 421 g/mol. The zero-order valence-corrected chi connectivity index (χ0v) is 17.2. The first kappa shape index (κ1) is 19.6. The summed E-state index contributed by atoms with van der Waals surface area (Å²) in [6.07, 6.45) is 5.37. The van der Waals surface area contributed by atoms with Crippen LogP contribution >= 0.6 is 0 Å². The fourth-order valence-electron chi connectivity index (χ4n) is 4.41. The Morgan fingerprint density at radius 3 is 2.65 bits per heavy atom. The first-order valence-corrected chi connectivity index (χ1v) is 10.7. The molecule has 0 aliphatic carbocycles. The molecule has 2 fully saturated rings. The van der Waals surface area contributed by atoms with Gasteiger partial charge in [-0.05, 0) is 65.9 Å². The molecule has 9 heteroatoms. The first-order valence-electron chi connectivity index (χ1n) is 10.7. The van der Waals surface area contributed by atoms with E-state index in [1.807, 2.05) is 23.1 Å². The van der Waals surface area contributed by atoms with Gasteiger partial charge in [0.15, 0.2) is 11.5 Å². The molecular formula is C22H24FN7O. The first-order chi connectivity index (χ1) is 15.2. The van der Waals surface area contributed by atoms with Gasteiger partial charge in [-0.15, -0.1) is 14.8 Å². The molecule has 2 aliphatic rings. The van der Waals surface area contributed by atoms with Crippen molar-refractivity contribution in [2.45, 2.75) is 25.7 Å². The fraction of sp³-hybridized carbons (Fsp3) is 0.409. The van der Waals surface area contributed by atoms with Gasteiger partial charge in [-0.3, -0.25) is 4.79 Å². The summed E-state index contributed by atoms with van der Waals surface area (Å²) in [6.45, 7) is 3.04. The Hall–Kier alpha value is -3.36. The molecule has 0 unspecified atom stereocenters. The number of rotatable bonds is 3. The summed E-state index contributed by atoms with van der Waals surface area (Å²) in [4.78, 5) is 17.2. The lowest BCUT2D eigenvalue weighted by Crippen LogP contribution is -2.44. The predicted octanol–water partition coefficient (Wildman–Crippen LogP) is 2.58. The minimum Gasteiger partial charge on any atom is -0.355 e. The number of halogens is 1. The second kappa shape index (κ2) is 8.41. The molecule has 0 radical (unpaired) electrons. The second-order valence-corrected chi connectivity index (χ2v) is 8.16. The number of fused-ring (bicyclic) bond motifs is 1. The summed E-state index contributed by atoms with van der Waals surface area (Å²) in [7, 11) is 0. The van der Waals surface area contributed by atoms with Crippen LogP contribution in [0.1, 0.15) is 31.2 Å². The highest BCUT2D eigenvalue weighted by Gasteiger charge is 2.30. The van der Waals surface area contributed by atoms with Gasteiger partial charge in [0.2, 0.25) is 5.91 Å². The van der Waals surface area contributed by atoms with Crippen molar-refractivity contribution in [3.05, 3.63) is 53.4 Å². The van der Waals surface area contributed by atoms with Gasteiger partial charge in [0.05, 0.1) is 0 Å². The number of amides is 1. The second-order valence-electron chi connectivity index (χ2n) is 8.16. The number of piperidine rings is 2. The van der Waals surface area contributed by atoms with Crippen LogP contribution in [0.3, 0.4) is 0 Å². The van der Waals surface area contributed by atoms with E-state index in [9.17, 15) is 9.18 Å². The van der Waals surface area contributed by atoms with Crippen LogP contribution in [-0.4, -0.2) is 62.2 Å². The third-order valence-corrected chi connectivity index (χ3v) is 6.16. The summed E-state index contributed by atoms with van der Waals surface area (Å²) in [5.74, 6) is 0.923. The molecule has 1 aromatic carbocycles. The van der Waals surface area contributed by atoms with Crippen molar-refractivity contribution in [1.82, 2.24) is 30.2 Å². The predicted molar refractivity (Wildman–Crippen MR) is 114 cm³/mol. The Kier molecular flexibility index (Phi) is 5.31. The molecule has 0 bridgehead atoms. The smallest absolute Gasteiger partial charge is 0.225 e. The van der Waals surface area contributed by atoms with Crippen LogP contribution in [0.5, 0.6) is 0 Å². The van der Waals surface area contributed by atoms with Crippen molar-refractivity contribution in [3.63, 3.8) is 0 Å². The summed E-state index contributed by atoms with van der Waals surface area (Å²) in [6, 6.07) is 10.4. The van der Waals surface area contributed by atoms with Crippen molar-refractivity contribution in [2.24, 2.45) is 5.92 Å². The molecular weight excluding hydrogens is 397 g/mol. The number of benzene rings is 1. The average Bonchev–Trinajstić information content (AvgIpc) is 3.27. The largest absolute Gasteiger partial charge is 0.355 e. The Morgan fingerprint density at radius 2 is 1.87 bits per heavy atom. The normalized spacial score (nSPS) is 17.9. The molecule has 5 rings (SSSR count). The van der Waals surface area contributed by atoms with Gasteiger partial charge < -0.3 is 9.80 Å². The van der Waals surface area contributed by atoms with Crippen molar-refractivity contribution in [3.8, 4) is 0 Å². The molecule has 2 saturated heterocycles. The number of hydrogen-bond donors (Lipinski definition) is 0. The molecule has 4 heterocycles. The monoisotopic (exact) mass is 421 g/mol. The van der Waals surface area contributed by atoms with E-state index in [0.717, 1.165) is 63.2 Å². The van der Waals surface area contributed by atoms with E-state index in [1.54, 1.807) is 12.1 Å². The molecule has 8 nitrogen and oxygen atoms in total. The van der Waals surface area contributed by atoms with Crippen molar-refractivity contribution in [1.29, 1.82) is 0 Å². The lowest BCUT2D eigenvalue weighted by molar-refractivity contribution is -0.136. The van der Waals surface area contributed by atoms with E-state index >= 15 is 0 Å². The summed E-state index contributed by atoms with van der Waals surface area (Å²) < 4.78 is 14.8. The maximum atomic E-state index is 13.4. The van der Waals surface area contributed by atoms with Gasteiger partial charge in [-0.2, -0.15) is 0 Å². The molecule has 0 saturated carbocycles. The third-order valence-electron chi connectivity index (χ3n) is 6.16. The number of tetrazole rings is 1. The molecule has 3 aromatic rings. The minimum absolute atomic E-state index is 0.0572. The van der Waals surface area contributed by atoms with Crippen molar-refractivity contribution in [2.75, 3.05) is 31.1 Å². The summed E-state index contributed by atoms with van der Waals surface area (Å²) in [5, 5.41) is 15.8. The fourth-order valence-corrected chi connectivity index (χ4v) is 4.41. The number of anilines is 1. The van der Waals surface area contributed by atoms with Gasteiger partial charge in [-0.1, -0.05) is 23.8 Å². The topological polar surface area (TPSA) is 79.5 Å². The lowest BCUT2D eigenvalue weighted by Gasteiger charge is -2.36. The van der Waals surface area contributed by atoms with Gasteiger partial charge in [0.25, 0.3) is 0 Å². The molecule has 2 aliphatic heterocycles. The SMILES string of the molecule is O=C(C1CCN(c2ccc3nnnn3n2)CC1)N1CCC(=Cc2cccc(F)c2)CC1. The van der Waals surface area contributed by atoms with Gasteiger partial charge in [0, 0.05) is 32.1 Å². The van der Waals surface area contributed by atoms with Crippen LogP contribution in [0.25, 0.3) is 11.7 Å². The van der Waals surface area contributed by atoms with E-state index < -0.39 is 0 Å². The maximum Gasteiger partial charge on any atom is 0.225 e. The molecule has 160 valence electrons. The third kappa shape index (κ3) is 4.26. The summed E-state index contributed by atoms with van der Waals surface area (Å²) >= 11 is 0.